The standard InChI is InChI=1S/C20H26F3N3O2/c1-4-6-7-8-13-28-18-17(20(21,22)23)14-24-19(25-18)26(3)15-9-11-16(12-10-15)27-5-2/h9-12,14H,4-8,13H2,1-3H3. The molecule has 0 aliphatic heterocycles. The van der Waals surface area contributed by atoms with E-state index in [2.05, 4.69) is 16.9 Å². The molecule has 0 radical (unpaired) electrons. The molecule has 2 rings (SSSR count). The summed E-state index contributed by atoms with van der Waals surface area (Å²) in [6.07, 6.45) is -0.159. The SMILES string of the molecule is CCCCCCOc1nc(N(C)c2ccc(OCC)cc2)ncc1C(F)(F)F. The maximum absolute atomic E-state index is 13.3. The molecule has 1 aromatic carbocycles. The zero-order valence-electron chi connectivity index (χ0n) is 16.4. The first-order valence-electron chi connectivity index (χ1n) is 9.40. The molecule has 0 atom stereocenters. The molecule has 5 nitrogen and oxygen atoms in total. The molecule has 8 heteroatoms. The molecule has 0 N–H and O–H groups in total. The number of nitrogens with zero attached hydrogens (tertiary/aromatic N) is 3. The fourth-order valence-corrected chi connectivity index (χ4v) is 2.57. The molecular weight excluding hydrogens is 371 g/mol. The molecule has 0 saturated carbocycles. The van der Waals surface area contributed by atoms with Gasteiger partial charge in [0, 0.05) is 18.9 Å². The van der Waals surface area contributed by atoms with Crippen molar-refractivity contribution >= 4 is 11.6 Å². The Kier molecular flexibility index (Phi) is 7.90. The number of anilines is 2. The minimum Gasteiger partial charge on any atom is -0.494 e. The molecular formula is C20H26F3N3O2. The Balaban J connectivity index is 2.20. The first-order valence-corrected chi connectivity index (χ1v) is 9.40. The number of unbranched alkanes of at least 4 members (excludes halogenated alkanes) is 3. The van der Waals surface area contributed by atoms with E-state index in [1.54, 1.807) is 36.2 Å². The van der Waals surface area contributed by atoms with Crippen LogP contribution in [0.3, 0.4) is 0 Å². The Labute approximate surface area is 163 Å². The maximum Gasteiger partial charge on any atom is 0.423 e. The van der Waals surface area contributed by atoms with Crippen molar-refractivity contribution in [1.29, 1.82) is 0 Å². The summed E-state index contributed by atoms with van der Waals surface area (Å²) in [6, 6.07) is 7.14. The predicted molar refractivity (Wildman–Crippen MR) is 102 cm³/mol. The summed E-state index contributed by atoms with van der Waals surface area (Å²) in [5.41, 5.74) is -0.246. The van der Waals surface area contributed by atoms with Crippen molar-refractivity contribution in [2.45, 2.75) is 45.7 Å². The zero-order chi connectivity index (χ0) is 20.6. The van der Waals surface area contributed by atoms with Gasteiger partial charge in [0.15, 0.2) is 0 Å². The van der Waals surface area contributed by atoms with Crippen molar-refractivity contribution in [3.63, 3.8) is 0 Å². The summed E-state index contributed by atoms with van der Waals surface area (Å²) in [6.45, 7) is 4.69. The van der Waals surface area contributed by atoms with E-state index >= 15 is 0 Å². The van der Waals surface area contributed by atoms with Crippen molar-refractivity contribution in [3.05, 3.63) is 36.0 Å². The summed E-state index contributed by atoms with van der Waals surface area (Å²) in [4.78, 5) is 9.51. The van der Waals surface area contributed by atoms with Gasteiger partial charge in [0.05, 0.1) is 13.2 Å². The smallest absolute Gasteiger partial charge is 0.423 e. The molecule has 0 bridgehead atoms. The number of benzene rings is 1. The van der Waals surface area contributed by atoms with Crippen molar-refractivity contribution in [1.82, 2.24) is 9.97 Å². The van der Waals surface area contributed by atoms with Crippen LogP contribution in [0.15, 0.2) is 30.5 Å². The zero-order valence-corrected chi connectivity index (χ0v) is 16.4. The molecule has 0 saturated heterocycles. The summed E-state index contributed by atoms with van der Waals surface area (Å²) in [5, 5.41) is 0. The van der Waals surface area contributed by atoms with Crippen LogP contribution in [0.4, 0.5) is 24.8 Å². The summed E-state index contributed by atoms with van der Waals surface area (Å²) in [7, 11) is 1.68. The highest BCUT2D eigenvalue weighted by Gasteiger charge is 2.36. The van der Waals surface area contributed by atoms with Crippen LogP contribution in [-0.2, 0) is 6.18 Å². The maximum atomic E-state index is 13.3. The van der Waals surface area contributed by atoms with Gasteiger partial charge in [-0.1, -0.05) is 26.2 Å². The van der Waals surface area contributed by atoms with E-state index in [4.69, 9.17) is 9.47 Å². The second-order valence-electron chi connectivity index (χ2n) is 6.28. The molecule has 28 heavy (non-hydrogen) atoms. The van der Waals surface area contributed by atoms with Gasteiger partial charge in [-0.3, -0.25) is 0 Å². The monoisotopic (exact) mass is 397 g/mol. The van der Waals surface area contributed by atoms with Gasteiger partial charge in [0.1, 0.15) is 11.3 Å². The lowest BCUT2D eigenvalue weighted by Gasteiger charge is -2.20. The lowest BCUT2D eigenvalue weighted by atomic mass is 10.2. The molecule has 0 spiro atoms. The van der Waals surface area contributed by atoms with Crippen LogP contribution in [0.25, 0.3) is 0 Å². The van der Waals surface area contributed by atoms with Gasteiger partial charge in [-0.25, -0.2) is 4.98 Å². The van der Waals surface area contributed by atoms with Crippen LogP contribution in [0, 0.1) is 0 Å². The van der Waals surface area contributed by atoms with E-state index < -0.39 is 17.6 Å². The highest BCUT2D eigenvalue weighted by Crippen LogP contribution is 2.36. The molecule has 0 aliphatic carbocycles. The van der Waals surface area contributed by atoms with Crippen molar-refractivity contribution in [2.24, 2.45) is 0 Å². The number of alkyl halides is 3. The van der Waals surface area contributed by atoms with E-state index in [0.29, 0.717) is 18.8 Å². The molecule has 0 aliphatic rings. The number of rotatable bonds is 10. The Morgan fingerprint density at radius 2 is 1.71 bits per heavy atom. The minimum atomic E-state index is -4.57. The molecule has 0 fully saturated rings. The van der Waals surface area contributed by atoms with Crippen molar-refractivity contribution in [2.75, 3.05) is 25.2 Å². The van der Waals surface area contributed by atoms with Crippen LogP contribution >= 0.6 is 0 Å². The fraction of sp³-hybridized carbons (Fsp3) is 0.500. The van der Waals surface area contributed by atoms with Gasteiger partial charge in [-0.2, -0.15) is 18.2 Å². The lowest BCUT2D eigenvalue weighted by molar-refractivity contribution is -0.139. The lowest BCUT2D eigenvalue weighted by Crippen LogP contribution is -2.17. The first kappa shape index (κ1) is 21.8. The van der Waals surface area contributed by atoms with Gasteiger partial charge < -0.3 is 14.4 Å². The van der Waals surface area contributed by atoms with Crippen LogP contribution < -0.4 is 14.4 Å². The van der Waals surface area contributed by atoms with E-state index in [1.165, 1.54) is 0 Å². The summed E-state index contributed by atoms with van der Waals surface area (Å²) < 4.78 is 50.6. The Bertz CT molecular complexity index is 736. The second kappa shape index (κ2) is 10.1. The van der Waals surface area contributed by atoms with Gasteiger partial charge >= 0.3 is 6.18 Å². The predicted octanol–water partition coefficient (Wildman–Crippen LogP) is 5.62. The highest BCUT2D eigenvalue weighted by atomic mass is 19.4. The van der Waals surface area contributed by atoms with Gasteiger partial charge in [-0.05, 0) is 37.6 Å². The van der Waals surface area contributed by atoms with Crippen LogP contribution in [0.5, 0.6) is 11.6 Å². The van der Waals surface area contributed by atoms with Crippen molar-refractivity contribution in [3.8, 4) is 11.6 Å². The normalized spacial score (nSPS) is 11.4. The number of hydrogen-bond donors (Lipinski definition) is 0. The molecule has 154 valence electrons. The molecule has 1 heterocycles. The van der Waals surface area contributed by atoms with Gasteiger partial charge in [-0.15, -0.1) is 0 Å². The van der Waals surface area contributed by atoms with Crippen LogP contribution in [-0.4, -0.2) is 30.2 Å². The first-order chi connectivity index (χ1) is 13.4. The number of hydrogen-bond acceptors (Lipinski definition) is 5. The second-order valence-corrected chi connectivity index (χ2v) is 6.28. The van der Waals surface area contributed by atoms with E-state index in [-0.39, 0.29) is 12.6 Å². The Morgan fingerprint density at radius 1 is 1.00 bits per heavy atom. The van der Waals surface area contributed by atoms with Gasteiger partial charge in [0.2, 0.25) is 11.8 Å². The summed E-state index contributed by atoms with van der Waals surface area (Å²) >= 11 is 0. The Hall–Kier alpha value is -2.51. The molecule has 2 aromatic rings. The topological polar surface area (TPSA) is 47.5 Å². The minimum absolute atomic E-state index is 0.126. The number of ether oxygens (including phenoxy) is 2. The third kappa shape index (κ3) is 6.00. The largest absolute Gasteiger partial charge is 0.494 e. The summed E-state index contributed by atoms with van der Waals surface area (Å²) in [5.74, 6) is 0.400. The molecule has 0 amide bonds. The van der Waals surface area contributed by atoms with Crippen LogP contribution in [0.1, 0.15) is 45.1 Å². The fourth-order valence-electron chi connectivity index (χ4n) is 2.57. The van der Waals surface area contributed by atoms with Gasteiger partial charge in [0.25, 0.3) is 0 Å². The van der Waals surface area contributed by atoms with E-state index in [0.717, 1.165) is 31.1 Å². The highest BCUT2D eigenvalue weighted by molar-refractivity contribution is 5.58. The van der Waals surface area contributed by atoms with Crippen LogP contribution in [0.2, 0.25) is 0 Å². The third-order valence-electron chi connectivity index (χ3n) is 4.12. The average molecular weight is 397 g/mol. The molecule has 1 aromatic heterocycles. The quantitative estimate of drug-likeness (QED) is 0.487. The average Bonchev–Trinajstić information content (AvgIpc) is 2.67. The van der Waals surface area contributed by atoms with E-state index in [9.17, 15) is 13.2 Å². The molecule has 0 unspecified atom stereocenters. The Morgan fingerprint density at radius 3 is 2.32 bits per heavy atom. The third-order valence-corrected chi connectivity index (χ3v) is 4.12. The number of aromatic nitrogens is 2. The number of halogens is 3. The van der Waals surface area contributed by atoms with E-state index in [1.807, 2.05) is 6.92 Å². The van der Waals surface area contributed by atoms with Crippen molar-refractivity contribution < 1.29 is 22.6 Å².